The maximum Gasteiger partial charge on any atom is 0.287 e. The summed E-state index contributed by atoms with van der Waals surface area (Å²) < 4.78 is 23.6. The molecule has 0 saturated heterocycles. The van der Waals surface area contributed by atoms with Crippen LogP contribution in [0.5, 0.6) is 5.75 Å². The molecule has 3 heterocycles. The SMILES string of the molecule is COc1cc2c(c(F)c1CC(C)C)-c1c(-c3cccs3)nc(C(=O)NCC(C)(C)C)n1CC2. The number of fused-ring (bicyclic) bond motifs is 3. The van der Waals surface area contributed by atoms with Crippen LogP contribution in [-0.4, -0.2) is 29.1 Å². The Bertz CT molecular complexity index is 1170. The van der Waals surface area contributed by atoms with Crippen molar-refractivity contribution in [3.8, 4) is 27.6 Å². The third kappa shape index (κ3) is 4.56. The van der Waals surface area contributed by atoms with E-state index in [0.717, 1.165) is 10.4 Å². The van der Waals surface area contributed by atoms with Gasteiger partial charge in [-0.2, -0.15) is 0 Å². The minimum absolute atomic E-state index is 0.0510. The molecular weight excluding hydrogens is 437 g/mol. The monoisotopic (exact) mass is 469 g/mol. The molecule has 0 unspecified atom stereocenters. The number of halogens is 1. The standard InChI is InChI=1S/C26H32FN3O2S/c1-15(2)12-17-18(32-6)13-16-9-10-30-23(20(16)21(17)27)22(19-8-7-11-33-19)29-24(30)25(31)28-14-26(3,4)5/h7-8,11,13,15H,9-10,12,14H2,1-6H3,(H,28,31). The molecule has 1 amide bonds. The number of methoxy groups -OCH3 is 1. The molecule has 0 radical (unpaired) electrons. The number of aromatic nitrogens is 2. The Balaban J connectivity index is 1.92. The minimum atomic E-state index is -0.265. The highest BCUT2D eigenvalue weighted by molar-refractivity contribution is 7.13. The van der Waals surface area contributed by atoms with Crippen LogP contribution in [-0.2, 0) is 19.4 Å². The normalized spacial score (nSPS) is 13.1. The molecule has 0 aliphatic carbocycles. The van der Waals surface area contributed by atoms with Crippen molar-refractivity contribution in [2.75, 3.05) is 13.7 Å². The second-order valence-corrected chi connectivity index (χ2v) is 11.2. The number of imidazole rings is 1. The summed E-state index contributed by atoms with van der Waals surface area (Å²) in [6, 6.07) is 5.88. The lowest BCUT2D eigenvalue weighted by Crippen LogP contribution is -2.34. The van der Waals surface area contributed by atoms with E-state index >= 15 is 4.39 Å². The van der Waals surface area contributed by atoms with Gasteiger partial charge in [0.2, 0.25) is 0 Å². The Morgan fingerprint density at radius 1 is 1.36 bits per heavy atom. The topological polar surface area (TPSA) is 56.1 Å². The highest BCUT2D eigenvalue weighted by atomic mass is 32.1. The van der Waals surface area contributed by atoms with Crippen molar-refractivity contribution in [3.63, 3.8) is 0 Å². The summed E-state index contributed by atoms with van der Waals surface area (Å²) in [7, 11) is 1.59. The summed E-state index contributed by atoms with van der Waals surface area (Å²) in [4.78, 5) is 18.8. The molecule has 0 bridgehead atoms. The zero-order chi connectivity index (χ0) is 23.9. The Labute approximate surface area is 199 Å². The molecule has 3 aromatic rings. The van der Waals surface area contributed by atoms with E-state index in [4.69, 9.17) is 9.72 Å². The summed E-state index contributed by atoms with van der Waals surface area (Å²) in [6.07, 6.45) is 1.18. The molecule has 7 heteroatoms. The van der Waals surface area contributed by atoms with E-state index in [1.54, 1.807) is 7.11 Å². The number of nitrogens with one attached hydrogen (secondary N) is 1. The van der Waals surface area contributed by atoms with Crippen LogP contribution < -0.4 is 10.1 Å². The summed E-state index contributed by atoms with van der Waals surface area (Å²) in [5.74, 6) is 0.709. The fraction of sp³-hybridized carbons (Fsp3) is 0.462. The van der Waals surface area contributed by atoms with E-state index in [2.05, 4.69) is 39.9 Å². The fourth-order valence-corrected chi connectivity index (χ4v) is 5.01. The number of rotatable bonds is 6. The van der Waals surface area contributed by atoms with Gasteiger partial charge >= 0.3 is 0 Å². The average Bonchev–Trinajstić information content (AvgIpc) is 3.40. The highest BCUT2D eigenvalue weighted by Crippen LogP contribution is 2.44. The number of hydrogen-bond donors (Lipinski definition) is 1. The van der Waals surface area contributed by atoms with Gasteiger partial charge in [0, 0.05) is 24.2 Å². The second-order valence-electron chi connectivity index (χ2n) is 10.3. The van der Waals surface area contributed by atoms with Crippen molar-refractivity contribution in [3.05, 3.63) is 46.3 Å². The van der Waals surface area contributed by atoms with E-state index in [1.165, 1.54) is 11.3 Å². The number of ether oxygens (including phenoxy) is 1. The number of thiophene rings is 1. The number of carbonyl (C=O) groups excluding carboxylic acids is 1. The molecule has 4 rings (SSSR count). The first-order chi connectivity index (χ1) is 15.6. The number of hydrogen-bond acceptors (Lipinski definition) is 4. The number of amides is 1. The lowest BCUT2D eigenvalue weighted by atomic mass is 9.90. The average molecular weight is 470 g/mol. The molecule has 0 atom stereocenters. The summed E-state index contributed by atoms with van der Waals surface area (Å²) in [5.41, 5.74) is 3.31. The van der Waals surface area contributed by atoms with Crippen LogP contribution in [0.3, 0.4) is 0 Å². The van der Waals surface area contributed by atoms with E-state index in [-0.39, 0.29) is 23.1 Å². The second kappa shape index (κ2) is 8.93. The van der Waals surface area contributed by atoms with Crippen LogP contribution >= 0.6 is 11.3 Å². The maximum absolute atomic E-state index is 16.2. The van der Waals surface area contributed by atoms with Gasteiger partial charge in [-0.1, -0.05) is 40.7 Å². The first-order valence-electron chi connectivity index (χ1n) is 11.4. The minimum Gasteiger partial charge on any atom is -0.496 e. The van der Waals surface area contributed by atoms with E-state index in [9.17, 15) is 4.79 Å². The van der Waals surface area contributed by atoms with Crippen molar-refractivity contribution in [2.24, 2.45) is 11.3 Å². The van der Waals surface area contributed by atoms with Gasteiger partial charge in [-0.25, -0.2) is 9.37 Å². The first kappa shape index (κ1) is 23.5. The maximum atomic E-state index is 16.2. The van der Waals surface area contributed by atoms with Crippen LogP contribution in [0.15, 0.2) is 23.6 Å². The molecule has 1 N–H and O–H groups in total. The molecule has 0 fully saturated rings. The van der Waals surface area contributed by atoms with Crippen molar-refractivity contribution in [1.29, 1.82) is 0 Å². The van der Waals surface area contributed by atoms with Gasteiger partial charge < -0.3 is 14.6 Å². The quantitative estimate of drug-likeness (QED) is 0.485. The van der Waals surface area contributed by atoms with Crippen LogP contribution in [0.4, 0.5) is 4.39 Å². The van der Waals surface area contributed by atoms with Crippen LogP contribution in [0.2, 0.25) is 0 Å². The van der Waals surface area contributed by atoms with Gasteiger partial charge in [-0.05, 0) is 47.3 Å². The molecule has 1 aromatic carbocycles. The Kier molecular flexibility index (Phi) is 6.36. The molecule has 5 nitrogen and oxygen atoms in total. The lowest BCUT2D eigenvalue weighted by molar-refractivity contribution is 0.0924. The zero-order valence-corrected chi connectivity index (χ0v) is 21.0. The summed E-state index contributed by atoms with van der Waals surface area (Å²) in [6.45, 7) is 11.4. The predicted octanol–water partition coefficient (Wildman–Crippen LogP) is 5.96. The van der Waals surface area contributed by atoms with Gasteiger partial charge in [-0.15, -0.1) is 11.3 Å². The molecule has 0 saturated carbocycles. The molecule has 1 aliphatic rings. The molecular formula is C26H32FN3O2S. The number of benzene rings is 1. The molecule has 33 heavy (non-hydrogen) atoms. The molecule has 1 aliphatic heterocycles. The van der Waals surface area contributed by atoms with Crippen molar-refractivity contribution >= 4 is 17.2 Å². The smallest absolute Gasteiger partial charge is 0.287 e. The molecule has 0 spiro atoms. The summed E-state index contributed by atoms with van der Waals surface area (Å²) >= 11 is 1.54. The van der Waals surface area contributed by atoms with E-state index < -0.39 is 0 Å². The zero-order valence-electron chi connectivity index (χ0n) is 20.2. The van der Waals surface area contributed by atoms with Gasteiger partial charge in [-0.3, -0.25) is 4.79 Å². The predicted molar refractivity (Wildman–Crippen MR) is 132 cm³/mol. The third-order valence-electron chi connectivity index (χ3n) is 5.79. The Morgan fingerprint density at radius 2 is 2.12 bits per heavy atom. The van der Waals surface area contributed by atoms with Crippen LogP contribution in [0.1, 0.15) is 56.4 Å². The lowest BCUT2D eigenvalue weighted by Gasteiger charge is -2.25. The Morgan fingerprint density at radius 3 is 2.73 bits per heavy atom. The molecule has 176 valence electrons. The van der Waals surface area contributed by atoms with Gasteiger partial charge in [0.05, 0.1) is 17.7 Å². The number of carbonyl (C=O) groups is 1. The largest absolute Gasteiger partial charge is 0.496 e. The van der Waals surface area contributed by atoms with Crippen molar-refractivity contribution in [1.82, 2.24) is 14.9 Å². The van der Waals surface area contributed by atoms with Crippen molar-refractivity contribution in [2.45, 2.75) is 54.0 Å². The summed E-state index contributed by atoms with van der Waals surface area (Å²) in [5, 5.41) is 4.98. The number of aryl methyl sites for hydroxylation is 1. The van der Waals surface area contributed by atoms with Gasteiger partial charge in [0.15, 0.2) is 5.82 Å². The number of nitrogens with zero attached hydrogens (tertiary/aromatic N) is 2. The molecule has 2 aromatic heterocycles. The van der Waals surface area contributed by atoms with Gasteiger partial charge in [0.1, 0.15) is 17.3 Å². The first-order valence-corrected chi connectivity index (χ1v) is 12.3. The van der Waals surface area contributed by atoms with Crippen molar-refractivity contribution < 1.29 is 13.9 Å². The third-order valence-corrected chi connectivity index (χ3v) is 6.66. The van der Waals surface area contributed by atoms with Crippen LogP contribution in [0, 0.1) is 17.2 Å². The highest BCUT2D eigenvalue weighted by Gasteiger charge is 2.33. The Hall–Kier alpha value is -2.67. The van der Waals surface area contributed by atoms with E-state index in [1.807, 2.05) is 28.1 Å². The van der Waals surface area contributed by atoms with E-state index in [0.29, 0.717) is 60.0 Å². The van der Waals surface area contributed by atoms with Crippen LogP contribution in [0.25, 0.3) is 21.8 Å². The fourth-order valence-electron chi connectivity index (χ4n) is 4.29. The van der Waals surface area contributed by atoms with Gasteiger partial charge in [0.25, 0.3) is 5.91 Å².